The van der Waals surface area contributed by atoms with Crippen molar-refractivity contribution in [2.24, 2.45) is 0 Å². The van der Waals surface area contributed by atoms with Crippen molar-refractivity contribution in [3.8, 4) is 0 Å². The first-order chi connectivity index (χ1) is 12.4. The molecular weight excluding hydrogens is 380 g/mol. The fourth-order valence-corrected chi connectivity index (χ4v) is 3.56. The van der Waals surface area contributed by atoms with E-state index in [0.717, 1.165) is 6.42 Å². The zero-order valence-corrected chi connectivity index (χ0v) is 16.0. The molecule has 1 unspecified atom stereocenters. The average Bonchev–Trinajstić information content (AvgIpc) is 3.05. The van der Waals surface area contributed by atoms with E-state index < -0.39 is 16.1 Å². The van der Waals surface area contributed by atoms with Crippen LogP contribution in [0.2, 0.25) is 5.02 Å². The molecule has 0 spiro atoms. The Hall–Kier alpha value is -2.10. The lowest BCUT2D eigenvalue weighted by molar-refractivity contribution is 0.187. The summed E-state index contributed by atoms with van der Waals surface area (Å²) in [6, 6.07) is 5.87. The molecule has 8 nitrogen and oxygen atoms in total. The number of anilines is 1. The second-order valence-electron chi connectivity index (χ2n) is 5.53. The van der Waals surface area contributed by atoms with Crippen molar-refractivity contribution in [2.75, 3.05) is 19.0 Å². The Bertz CT molecular complexity index is 836. The standard InChI is InChI=1S/C16H21ClN4O4S/c1-3-14(21-11-12(17)10-18-21)8-9-19-26(23,24)15-6-4-13(5-7-15)20-16(22)25-2/h4-7,10-11,14,19H,3,8-9H2,1-2H3,(H,20,22). The van der Waals surface area contributed by atoms with Gasteiger partial charge in [-0.05, 0) is 37.1 Å². The highest BCUT2D eigenvalue weighted by atomic mass is 35.5. The number of hydrogen-bond acceptors (Lipinski definition) is 5. The number of nitrogens with zero attached hydrogens (tertiary/aromatic N) is 2. The van der Waals surface area contributed by atoms with Crippen molar-refractivity contribution in [3.05, 3.63) is 41.7 Å². The molecule has 1 atom stereocenters. The molecule has 1 heterocycles. The van der Waals surface area contributed by atoms with Gasteiger partial charge >= 0.3 is 6.09 Å². The first-order valence-corrected chi connectivity index (χ1v) is 9.86. The van der Waals surface area contributed by atoms with Crippen molar-refractivity contribution in [3.63, 3.8) is 0 Å². The fourth-order valence-electron chi connectivity index (χ4n) is 2.37. The number of sulfonamides is 1. The summed E-state index contributed by atoms with van der Waals surface area (Å²) < 4.78 is 33.5. The molecule has 0 saturated heterocycles. The maximum atomic E-state index is 12.4. The van der Waals surface area contributed by atoms with E-state index in [9.17, 15) is 13.2 Å². The number of benzene rings is 1. The Morgan fingerprint density at radius 2 is 2.04 bits per heavy atom. The minimum absolute atomic E-state index is 0.0526. The van der Waals surface area contributed by atoms with Gasteiger partial charge in [-0.3, -0.25) is 10.00 Å². The molecule has 0 bridgehead atoms. The van der Waals surface area contributed by atoms with E-state index in [0.29, 0.717) is 17.1 Å². The van der Waals surface area contributed by atoms with Crippen molar-refractivity contribution < 1.29 is 17.9 Å². The zero-order chi connectivity index (χ0) is 19.2. The number of ether oxygens (including phenoxy) is 1. The maximum absolute atomic E-state index is 12.4. The highest BCUT2D eigenvalue weighted by Crippen LogP contribution is 2.18. The zero-order valence-electron chi connectivity index (χ0n) is 14.5. The number of carbonyl (C=O) groups is 1. The Morgan fingerprint density at radius 3 is 2.58 bits per heavy atom. The smallest absolute Gasteiger partial charge is 0.411 e. The van der Waals surface area contributed by atoms with E-state index >= 15 is 0 Å². The minimum Gasteiger partial charge on any atom is -0.453 e. The number of nitrogens with one attached hydrogen (secondary N) is 2. The molecule has 1 aromatic heterocycles. The topological polar surface area (TPSA) is 102 Å². The monoisotopic (exact) mass is 400 g/mol. The largest absolute Gasteiger partial charge is 0.453 e. The molecule has 0 fully saturated rings. The fraction of sp³-hybridized carbons (Fsp3) is 0.375. The minimum atomic E-state index is -3.64. The van der Waals surface area contributed by atoms with Gasteiger partial charge < -0.3 is 4.74 Å². The summed E-state index contributed by atoms with van der Waals surface area (Å²) in [5.74, 6) is 0. The van der Waals surface area contributed by atoms with Crippen LogP contribution in [0.5, 0.6) is 0 Å². The number of carbonyl (C=O) groups excluding carboxylic acids is 1. The van der Waals surface area contributed by atoms with Gasteiger partial charge in [-0.25, -0.2) is 17.9 Å². The van der Waals surface area contributed by atoms with E-state index in [4.69, 9.17) is 11.6 Å². The molecule has 2 N–H and O–H groups in total. The van der Waals surface area contributed by atoms with Crippen LogP contribution in [-0.2, 0) is 14.8 Å². The summed E-state index contributed by atoms with van der Waals surface area (Å²) in [4.78, 5) is 11.2. The van der Waals surface area contributed by atoms with Gasteiger partial charge in [0.05, 0.1) is 29.3 Å². The number of amides is 1. The number of rotatable bonds is 8. The van der Waals surface area contributed by atoms with Crippen molar-refractivity contribution in [1.82, 2.24) is 14.5 Å². The lowest BCUT2D eigenvalue weighted by Crippen LogP contribution is -2.27. The van der Waals surface area contributed by atoms with E-state index in [2.05, 4.69) is 19.9 Å². The van der Waals surface area contributed by atoms with Crippen LogP contribution in [-0.4, -0.2) is 37.9 Å². The molecule has 142 valence electrons. The SMILES string of the molecule is CCC(CCNS(=O)(=O)c1ccc(NC(=O)OC)cc1)n1cc(Cl)cn1. The summed E-state index contributed by atoms with van der Waals surface area (Å²) in [5, 5.41) is 7.17. The number of aromatic nitrogens is 2. The predicted octanol–water partition coefficient (Wildman–Crippen LogP) is 3.03. The molecule has 26 heavy (non-hydrogen) atoms. The van der Waals surface area contributed by atoms with E-state index in [1.165, 1.54) is 31.4 Å². The van der Waals surface area contributed by atoms with E-state index in [1.807, 2.05) is 6.92 Å². The highest BCUT2D eigenvalue weighted by Gasteiger charge is 2.16. The summed E-state index contributed by atoms with van der Waals surface area (Å²) in [5.41, 5.74) is 0.442. The van der Waals surface area contributed by atoms with Crippen LogP contribution in [0.15, 0.2) is 41.6 Å². The lowest BCUT2D eigenvalue weighted by atomic mass is 10.1. The molecule has 1 aromatic carbocycles. The Morgan fingerprint density at radius 1 is 1.35 bits per heavy atom. The van der Waals surface area contributed by atoms with Crippen molar-refractivity contribution in [2.45, 2.75) is 30.7 Å². The molecule has 2 rings (SSSR count). The van der Waals surface area contributed by atoms with Crippen LogP contribution in [0.3, 0.4) is 0 Å². The number of hydrogen-bond donors (Lipinski definition) is 2. The van der Waals surface area contributed by atoms with Gasteiger partial charge in [0, 0.05) is 18.4 Å². The average molecular weight is 401 g/mol. The molecule has 2 aromatic rings. The molecule has 0 aliphatic rings. The first kappa shape index (κ1) is 20.2. The van der Waals surface area contributed by atoms with Gasteiger partial charge in [0.25, 0.3) is 0 Å². The molecule has 0 aliphatic heterocycles. The summed E-state index contributed by atoms with van der Waals surface area (Å²) >= 11 is 5.87. The van der Waals surface area contributed by atoms with Gasteiger partial charge in [-0.1, -0.05) is 18.5 Å². The van der Waals surface area contributed by atoms with Gasteiger partial charge in [-0.15, -0.1) is 0 Å². The molecule has 10 heteroatoms. The summed E-state index contributed by atoms with van der Waals surface area (Å²) in [6.07, 6.45) is 4.03. The molecule has 0 aliphatic carbocycles. The quantitative estimate of drug-likeness (QED) is 0.709. The van der Waals surface area contributed by atoms with E-state index in [-0.39, 0.29) is 17.5 Å². The van der Waals surface area contributed by atoms with Crippen LogP contribution < -0.4 is 10.0 Å². The normalized spacial score (nSPS) is 12.6. The first-order valence-electron chi connectivity index (χ1n) is 8.00. The van der Waals surface area contributed by atoms with Gasteiger partial charge in [0.2, 0.25) is 10.0 Å². The highest BCUT2D eigenvalue weighted by molar-refractivity contribution is 7.89. The summed E-state index contributed by atoms with van der Waals surface area (Å²) in [7, 11) is -2.39. The second-order valence-corrected chi connectivity index (χ2v) is 7.73. The maximum Gasteiger partial charge on any atom is 0.411 e. The van der Waals surface area contributed by atoms with Crippen LogP contribution in [0.4, 0.5) is 10.5 Å². The molecule has 1 amide bonds. The Labute approximate surface area is 157 Å². The predicted molar refractivity (Wildman–Crippen MR) is 98.8 cm³/mol. The Kier molecular flexibility index (Phi) is 7.01. The van der Waals surface area contributed by atoms with Crippen molar-refractivity contribution >= 4 is 33.4 Å². The summed E-state index contributed by atoms with van der Waals surface area (Å²) in [6.45, 7) is 2.27. The van der Waals surface area contributed by atoms with Crippen LogP contribution in [0.1, 0.15) is 25.8 Å². The molecule has 0 radical (unpaired) electrons. The second kappa shape index (κ2) is 9.02. The third kappa shape index (κ3) is 5.45. The van der Waals surface area contributed by atoms with Gasteiger partial charge in [0.1, 0.15) is 0 Å². The van der Waals surface area contributed by atoms with Crippen LogP contribution in [0, 0.1) is 0 Å². The Balaban J connectivity index is 1.94. The van der Waals surface area contributed by atoms with Crippen LogP contribution >= 0.6 is 11.6 Å². The number of methoxy groups -OCH3 is 1. The molecule has 0 saturated carbocycles. The number of halogens is 1. The third-order valence-corrected chi connectivity index (χ3v) is 5.45. The van der Waals surface area contributed by atoms with Crippen LogP contribution in [0.25, 0.3) is 0 Å². The van der Waals surface area contributed by atoms with Gasteiger partial charge in [0.15, 0.2) is 0 Å². The van der Waals surface area contributed by atoms with E-state index in [1.54, 1.807) is 17.1 Å². The lowest BCUT2D eigenvalue weighted by Gasteiger charge is -2.16. The van der Waals surface area contributed by atoms with Gasteiger partial charge in [-0.2, -0.15) is 5.10 Å². The third-order valence-electron chi connectivity index (χ3n) is 3.78. The van der Waals surface area contributed by atoms with Crippen molar-refractivity contribution in [1.29, 1.82) is 0 Å². The molecular formula is C16H21ClN4O4S.